The number of rotatable bonds is 9. The molecule has 38 heavy (non-hydrogen) atoms. The highest BCUT2D eigenvalue weighted by Crippen LogP contribution is 2.34. The number of ether oxygens (including phenoxy) is 2. The van der Waals surface area contributed by atoms with Gasteiger partial charge in [-0.15, -0.1) is 0 Å². The molecule has 1 heterocycles. The third-order valence-corrected chi connectivity index (χ3v) is 6.67. The van der Waals surface area contributed by atoms with E-state index in [0.717, 1.165) is 16.9 Å². The summed E-state index contributed by atoms with van der Waals surface area (Å²) in [6.45, 7) is 2.47. The number of hydrogen-bond donors (Lipinski definition) is 4. The second-order valence-corrected chi connectivity index (χ2v) is 9.37. The lowest BCUT2D eigenvalue weighted by Gasteiger charge is -2.39. The van der Waals surface area contributed by atoms with Gasteiger partial charge in [0.05, 0.1) is 6.61 Å². The summed E-state index contributed by atoms with van der Waals surface area (Å²) >= 11 is 6.46. The lowest BCUT2D eigenvalue weighted by atomic mass is 9.90. The van der Waals surface area contributed by atoms with Crippen molar-refractivity contribution in [2.45, 2.75) is 43.9 Å². The lowest BCUT2D eigenvalue weighted by Crippen LogP contribution is -2.54. The first kappa shape index (κ1) is 27.8. The molecule has 0 spiro atoms. The molecule has 0 saturated carbocycles. The topological polar surface area (TPSA) is 121 Å². The average molecular weight is 539 g/mol. The number of amides is 1. The Bertz CT molecular complexity index is 1240. The van der Waals surface area contributed by atoms with Crippen LogP contribution in [0.4, 0.5) is 0 Å². The van der Waals surface area contributed by atoms with Crippen molar-refractivity contribution in [2.75, 3.05) is 13.3 Å². The van der Waals surface area contributed by atoms with Crippen molar-refractivity contribution in [1.82, 2.24) is 5.32 Å². The van der Waals surface area contributed by atoms with Crippen molar-refractivity contribution in [3.8, 4) is 5.75 Å². The number of aliphatic imine (C=N–C) groups is 1. The van der Waals surface area contributed by atoms with Crippen LogP contribution >= 0.6 is 11.6 Å². The van der Waals surface area contributed by atoms with E-state index in [0.29, 0.717) is 29.2 Å². The Balaban J connectivity index is 1.44. The van der Waals surface area contributed by atoms with Gasteiger partial charge in [-0.3, -0.25) is 9.79 Å². The molecule has 1 aliphatic heterocycles. The van der Waals surface area contributed by atoms with Gasteiger partial charge in [0.15, 0.2) is 0 Å². The molecule has 5 unspecified atom stereocenters. The van der Waals surface area contributed by atoms with E-state index in [-0.39, 0.29) is 12.6 Å². The van der Waals surface area contributed by atoms with Crippen LogP contribution in [0.5, 0.6) is 5.75 Å². The SMILES string of the molecule is CCOc1ccc(Cc2cc(C3OC(C=NCNC(=O)c4ccccc4)C(O)C(O)C3O)ccc2Cl)cc1. The number of carbonyl (C=O) groups is 1. The number of hydrogen-bond acceptors (Lipinski definition) is 7. The Hall–Kier alpha value is -3.27. The summed E-state index contributed by atoms with van der Waals surface area (Å²) in [5, 5.41) is 34.9. The molecular weight excluding hydrogens is 508 g/mol. The van der Waals surface area contributed by atoms with Crippen molar-refractivity contribution < 1.29 is 29.6 Å². The van der Waals surface area contributed by atoms with Gasteiger partial charge < -0.3 is 30.1 Å². The first-order valence-electron chi connectivity index (χ1n) is 12.4. The van der Waals surface area contributed by atoms with Gasteiger partial charge in [-0.05, 0) is 60.4 Å². The van der Waals surface area contributed by atoms with E-state index in [2.05, 4.69) is 10.3 Å². The fraction of sp³-hybridized carbons (Fsp3) is 0.310. The van der Waals surface area contributed by atoms with E-state index in [1.165, 1.54) is 6.21 Å². The highest BCUT2D eigenvalue weighted by Gasteiger charge is 2.43. The summed E-state index contributed by atoms with van der Waals surface area (Å²) in [6.07, 6.45) is -4.29. The largest absolute Gasteiger partial charge is 0.494 e. The van der Waals surface area contributed by atoms with Gasteiger partial charge in [0.1, 0.15) is 42.9 Å². The van der Waals surface area contributed by atoms with Crippen LogP contribution < -0.4 is 10.1 Å². The molecular formula is C29H31ClN2O6. The summed E-state index contributed by atoms with van der Waals surface area (Å²) in [5.74, 6) is 0.497. The summed E-state index contributed by atoms with van der Waals surface area (Å²) < 4.78 is 11.5. The number of nitrogens with zero attached hydrogens (tertiary/aromatic N) is 1. The Labute approximate surface area is 226 Å². The Morgan fingerprint density at radius 3 is 2.47 bits per heavy atom. The van der Waals surface area contributed by atoms with Crippen LogP contribution in [-0.4, -0.2) is 65.1 Å². The van der Waals surface area contributed by atoms with Crippen LogP contribution in [-0.2, 0) is 11.2 Å². The summed E-state index contributed by atoms with van der Waals surface area (Å²) in [6, 6.07) is 21.7. The van der Waals surface area contributed by atoms with E-state index in [4.69, 9.17) is 21.1 Å². The average Bonchev–Trinajstić information content (AvgIpc) is 2.93. The number of carbonyl (C=O) groups excluding carboxylic acids is 1. The fourth-order valence-corrected chi connectivity index (χ4v) is 4.45. The van der Waals surface area contributed by atoms with E-state index < -0.39 is 30.5 Å². The molecule has 200 valence electrons. The van der Waals surface area contributed by atoms with Crippen molar-refractivity contribution in [3.63, 3.8) is 0 Å². The quantitative estimate of drug-likeness (QED) is 0.310. The predicted octanol–water partition coefficient (Wildman–Crippen LogP) is 3.31. The molecule has 1 aliphatic rings. The van der Waals surface area contributed by atoms with Gasteiger partial charge in [0.25, 0.3) is 5.91 Å². The Morgan fingerprint density at radius 2 is 1.76 bits per heavy atom. The maximum Gasteiger partial charge on any atom is 0.252 e. The van der Waals surface area contributed by atoms with E-state index in [1.807, 2.05) is 43.3 Å². The van der Waals surface area contributed by atoms with Crippen LogP contribution in [0.25, 0.3) is 0 Å². The second kappa shape index (κ2) is 13.0. The molecule has 4 rings (SSSR count). The molecule has 3 aromatic rings. The monoisotopic (exact) mass is 538 g/mol. The van der Waals surface area contributed by atoms with Gasteiger partial charge in [-0.25, -0.2) is 0 Å². The molecule has 1 saturated heterocycles. The molecule has 3 aromatic carbocycles. The van der Waals surface area contributed by atoms with E-state index in [1.54, 1.807) is 36.4 Å². The maximum atomic E-state index is 12.2. The standard InChI is InChI=1S/C29H31ClN2O6/c1-2-37-22-11-8-18(9-12-22)14-21-15-20(10-13-23(21)30)28-27(35)26(34)25(33)24(38-28)16-31-17-32-29(36)19-6-4-3-5-7-19/h3-13,15-16,24-28,33-35H,2,14,17H2,1H3,(H,32,36). The Kier molecular flexibility index (Phi) is 9.49. The van der Waals surface area contributed by atoms with Crippen molar-refractivity contribution in [1.29, 1.82) is 0 Å². The minimum absolute atomic E-state index is 0.0448. The third-order valence-electron chi connectivity index (χ3n) is 6.30. The molecule has 1 amide bonds. The zero-order chi connectivity index (χ0) is 27.1. The highest BCUT2D eigenvalue weighted by atomic mass is 35.5. The van der Waals surface area contributed by atoms with E-state index in [9.17, 15) is 20.1 Å². The smallest absolute Gasteiger partial charge is 0.252 e. The van der Waals surface area contributed by atoms with Crippen LogP contribution in [0.3, 0.4) is 0 Å². The van der Waals surface area contributed by atoms with Gasteiger partial charge in [-0.1, -0.05) is 54.1 Å². The number of aliphatic hydroxyl groups excluding tert-OH is 3. The third kappa shape index (κ3) is 6.78. The minimum Gasteiger partial charge on any atom is -0.494 e. The highest BCUT2D eigenvalue weighted by molar-refractivity contribution is 6.31. The zero-order valence-corrected chi connectivity index (χ0v) is 21.7. The molecule has 0 radical (unpaired) electrons. The van der Waals surface area contributed by atoms with Gasteiger partial charge in [-0.2, -0.15) is 0 Å². The van der Waals surface area contributed by atoms with Crippen LogP contribution in [0.15, 0.2) is 77.8 Å². The Morgan fingerprint density at radius 1 is 1.03 bits per heavy atom. The number of nitrogens with one attached hydrogen (secondary N) is 1. The minimum atomic E-state index is -1.46. The number of benzene rings is 3. The first-order valence-corrected chi connectivity index (χ1v) is 12.8. The number of aliphatic hydroxyl groups is 3. The van der Waals surface area contributed by atoms with Crippen molar-refractivity contribution in [3.05, 3.63) is 100 Å². The van der Waals surface area contributed by atoms with Crippen molar-refractivity contribution in [2.24, 2.45) is 4.99 Å². The molecule has 9 heteroatoms. The van der Waals surface area contributed by atoms with Crippen LogP contribution in [0, 0.1) is 0 Å². The lowest BCUT2D eigenvalue weighted by molar-refractivity contribution is -0.205. The zero-order valence-electron chi connectivity index (χ0n) is 20.9. The maximum absolute atomic E-state index is 12.2. The van der Waals surface area contributed by atoms with Gasteiger partial charge in [0.2, 0.25) is 0 Å². The molecule has 5 atom stereocenters. The van der Waals surface area contributed by atoms with Crippen LogP contribution in [0.2, 0.25) is 5.02 Å². The molecule has 4 N–H and O–H groups in total. The summed E-state index contributed by atoms with van der Waals surface area (Å²) in [4.78, 5) is 16.3. The van der Waals surface area contributed by atoms with Gasteiger partial charge in [0, 0.05) is 16.8 Å². The first-order chi connectivity index (χ1) is 18.4. The second-order valence-electron chi connectivity index (χ2n) is 8.96. The molecule has 0 aromatic heterocycles. The fourth-order valence-electron chi connectivity index (χ4n) is 4.27. The molecule has 1 fully saturated rings. The summed E-state index contributed by atoms with van der Waals surface area (Å²) in [5.41, 5.74) is 2.94. The molecule has 8 nitrogen and oxygen atoms in total. The van der Waals surface area contributed by atoms with Gasteiger partial charge >= 0.3 is 0 Å². The summed E-state index contributed by atoms with van der Waals surface area (Å²) in [7, 11) is 0. The van der Waals surface area contributed by atoms with Crippen LogP contribution in [0.1, 0.15) is 40.1 Å². The molecule has 0 bridgehead atoms. The van der Waals surface area contributed by atoms with Crippen molar-refractivity contribution >= 4 is 23.7 Å². The normalized spacial score (nSPS) is 23.3. The van der Waals surface area contributed by atoms with E-state index >= 15 is 0 Å². The number of halogens is 1. The molecule has 0 aliphatic carbocycles. The predicted molar refractivity (Wildman–Crippen MR) is 145 cm³/mol.